The van der Waals surface area contributed by atoms with Crippen LogP contribution >= 0.6 is 0 Å². The van der Waals surface area contributed by atoms with Gasteiger partial charge in [0.2, 0.25) is 0 Å². The number of piperazine rings is 1. The first-order chi connectivity index (χ1) is 34.5. The molecule has 8 aromatic rings. The summed E-state index contributed by atoms with van der Waals surface area (Å²) in [5, 5.41) is 18.5. The summed E-state index contributed by atoms with van der Waals surface area (Å²) < 4.78 is 50.0. The monoisotopic (exact) mass is 952 g/mol. The SMILES string of the molecule is O=c1cc(-c2ccc(OCCOCCOCCn3cc(CN4CCN(Cc5cn(CCOCCOCCOc6ccc(-c7cc(=O)c8ccccc8o7)cc6)nn5)CC4)nn3)cc2)oc2ccccc12. The zero-order valence-corrected chi connectivity index (χ0v) is 38.9. The van der Waals surface area contributed by atoms with Crippen molar-refractivity contribution in [1.29, 1.82) is 0 Å². The van der Waals surface area contributed by atoms with Crippen molar-refractivity contribution in [3.05, 3.63) is 153 Å². The molecule has 0 amide bonds. The maximum Gasteiger partial charge on any atom is 0.193 e. The molecule has 0 atom stereocenters. The number of aromatic nitrogens is 6. The molecule has 0 aliphatic carbocycles. The molecule has 1 aliphatic heterocycles. The first-order valence-electron chi connectivity index (χ1n) is 23.5. The molecule has 0 N–H and O–H groups in total. The third-order valence-electron chi connectivity index (χ3n) is 11.6. The summed E-state index contributed by atoms with van der Waals surface area (Å²) in [6.45, 7) is 11.0. The van der Waals surface area contributed by atoms with E-state index in [1.54, 1.807) is 24.3 Å². The van der Waals surface area contributed by atoms with E-state index in [2.05, 4.69) is 30.4 Å². The zero-order chi connectivity index (χ0) is 47.7. The molecule has 0 saturated carbocycles. The summed E-state index contributed by atoms with van der Waals surface area (Å²) >= 11 is 0. The normalized spacial score (nSPS) is 13.4. The van der Waals surface area contributed by atoms with Gasteiger partial charge in [0.25, 0.3) is 0 Å². The number of ether oxygens (including phenoxy) is 6. The van der Waals surface area contributed by atoms with Crippen LogP contribution in [0.15, 0.2) is 140 Å². The van der Waals surface area contributed by atoms with Gasteiger partial charge in [-0.1, -0.05) is 34.7 Å². The first-order valence-corrected chi connectivity index (χ1v) is 23.5. The van der Waals surface area contributed by atoms with Crippen LogP contribution in [0.3, 0.4) is 0 Å². The molecule has 18 nitrogen and oxygen atoms in total. The summed E-state index contributed by atoms with van der Waals surface area (Å²) in [6, 6.07) is 32.4. The number of rotatable bonds is 26. The Balaban J connectivity index is 0.562. The molecule has 0 radical (unpaired) electrons. The average molecular weight is 953 g/mol. The predicted molar refractivity (Wildman–Crippen MR) is 261 cm³/mol. The number of nitrogens with zero attached hydrogens (tertiary/aromatic N) is 8. The highest BCUT2D eigenvalue weighted by Crippen LogP contribution is 2.26. The van der Waals surface area contributed by atoms with Crippen LogP contribution in [0.5, 0.6) is 11.5 Å². The fourth-order valence-electron chi connectivity index (χ4n) is 7.92. The summed E-state index contributed by atoms with van der Waals surface area (Å²) in [4.78, 5) is 29.7. The van der Waals surface area contributed by atoms with Crippen LogP contribution in [0, 0.1) is 0 Å². The lowest BCUT2D eigenvalue weighted by Crippen LogP contribution is -2.45. The first kappa shape index (κ1) is 48.0. The molecule has 70 heavy (non-hydrogen) atoms. The number of para-hydroxylation sites is 2. The van der Waals surface area contributed by atoms with Crippen LogP contribution in [-0.4, -0.2) is 132 Å². The second kappa shape index (κ2) is 24.5. The standard InChI is InChI=1S/C52H56N8O10/c61-47-33-51(69-49-7-3-1-5-45(47)49)39-9-13-43(14-10-39)67-31-29-65-27-25-63-23-21-59-37-41(53-55-59)35-57-17-19-58(20-18-57)36-42-38-60(56-54-42)22-24-64-26-28-66-30-32-68-44-15-11-40(12-16-44)52-34-48(62)46-6-2-4-8-50(46)70-52/h1-16,33-34,37-38H,17-32,35-36H2. The van der Waals surface area contributed by atoms with Crippen molar-refractivity contribution in [2.24, 2.45) is 0 Å². The minimum atomic E-state index is -0.0706. The van der Waals surface area contributed by atoms with Gasteiger partial charge in [0.05, 0.1) is 88.1 Å². The number of hydrogen-bond donors (Lipinski definition) is 0. The van der Waals surface area contributed by atoms with E-state index in [-0.39, 0.29) is 10.9 Å². The van der Waals surface area contributed by atoms with Crippen molar-refractivity contribution in [3.8, 4) is 34.1 Å². The smallest absolute Gasteiger partial charge is 0.193 e. The van der Waals surface area contributed by atoms with Gasteiger partial charge in [0, 0.05) is 74.9 Å². The fraction of sp³-hybridized carbons (Fsp3) is 0.346. The van der Waals surface area contributed by atoms with E-state index in [1.807, 2.05) is 94.6 Å². The molecule has 4 aromatic heterocycles. The minimum Gasteiger partial charge on any atom is -0.491 e. The topological polar surface area (TPSA) is 184 Å². The molecule has 9 rings (SSSR count). The Bertz CT molecular complexity index is 2800. The molecule has 4 aromatic carbocycles. The van der Waals surface area contributed by atoms with E-state index in [0.717, 1.165) is 61.8 Å². The highest BCUT2D eigenvalue weighted by atomic mass is 16.5. The molecule has 1 fully saturated rings. The van der Waals surface area contributed by atoms with Gasteiger partial charge < -0.3 is 37.3 Å². The second-order valence-electron chi connectivity index (χ2n) is 16.6. The molecule has 0 bridgehead atoms. The Hall–Kier alpha value is -7.06. The van der Waals surface area contributed by atoms with Crippen molar-refractivity contribution < 1.29 is 37.3 Å². The molecule has 364 valence electrons. The average Bonchev–Trinajstić information content (AvgIpc) is 4.05. The summed E-state index contributed by atoms with van der Waals surface area (Å²) in [7, 11) is 0. The molecule has 1 aliphatic rings. The van der Waals surface area contributed by atoms with Crippen molar-refractivity contribution in [3.63, 3.8) is 0 Å². The lowest BCUT2D eigenvalue weighted by atomic mass is 10.1. The molecule has 0 spiro atoms. The fourth-order valence-corrected chi connectivity index (χ4v) is 7.92. The van der Waals surface area contributed by atoms with Crippen molar-refractivity contribution in [2.75, 3.05) is 92.2 Å². The third kappa shape index (κ3) is 13.6. The van der Waals surface area contributed by atoms with Crippen LogP contribution in [0.1, 0.15) is 11.4 Å². The Morgan fingerprint density at radius 1 is 0.457 bits per heavy atom. The second-order valence-corrected chi connectivity index (χ2v) is 16.6. The van der Waals surface area contributed by atoms with Gasteiger partial charge in [0.15, 0.2) is 10.9 Å². The van der Waals surface area contributed by atoms with Crippen molar-refractivity contribution >= 4 is 21.9 Å². The molecular formula is C52H56N8O10. The number of benzene rings is 4. The lowest BCUT2D eigenvalue weighted by molar-refractivity contribution is 0.0332. The van der Waals surface area contributed by atoms with Gasteiger partial charge in [-0.25, -0.2) is 9.36 Å². The van der Waals surface area contributed by atoms with E-state index in [4.69, 9.17) is 37.3 Å². The van der Waals surface area contributed by atoms with E-state index >= 15 is 0 Å². The van der Waals surface area contributed by atoms with Crippen LogP contribution < -0.4 is 20.3 Å². The van der Waals surface area contributed by atoms with Gasteiger partial charge >= 0.3 is 0 Å². The van der Waals surface area contributed by atoms with Crippen molar-refractivity contribution in [1.82, 2.24) is 39.8 Å². The Morgan fingerprint density at radius 3 is 1.27 bits per heavy atom. The third-order valence-corrected chi connectivity index (χ3v) is 11.6. The molecule has 5 heterocycles. The maximum atomic E-state index is 12.5. The highest BCUT2D eigenvalue weighted by molar-refractivity contribution is 5.79. The van der Waals surface area contributed by atoms with Crippen molar-refractivity contribution in [2.45, 2.75) is 26.2 Å². The van der Waals surface area contributed by atoms with E-state index < -0.39 is 0 Å². The highest BCUT2D eigenvalue weighted by Gasteiger charge is 2.19. The van der Waals surface area contributed by atoms with E-state index in [9.17, 15) is 9.59 Å². The Morgan fingerprint density at radius 2 is 0.843 bits per heavy atom. The van der Waals surface area contributed by atoms with E-state index in [0.29, 0.717) is 124 Å². The lowest BCUT2D eigenvalue weighted by Gasteiger charge is -2.33. The summed E-state index contributed by atoms with van der Waals surface area (Å²) in [5.41, 5.74) is 4.46. The van der Waals surface area contributed by atoms with Crippen LogP contribution in [0.25, 0.3) is 44.6 Å². The number of hydrogen-bond acceptors (Lipinski definition) is 16. The van der Waals surface area contributed by atoms with Crippen LogP contribution in [-0.2, 0) is 45.1 Å². The zero-order valence-electron chi connectivity index (χ0n) is 38.9. The number of fused-ring (bicyclic) bond motifs is 2. The van der Waals surface area contributed by atoms with Gasteiger partial charge in [-0.15, -0.1) is 10.2 Å². The molecule has 1 saturated heterocycles. The quantitative estimate of drug-likeness (QED) is 0.0579. The van der Waals surface area contributed by atoms with Gasteiger partial charge in [-0.3, -0.25) is 19.4 Å². The molecular weight excluding hydrogens is 897 g/mol. The van der Waals surface area contributed by atoms with E-state index in [1.165, 1.54) is 12.1 Å². The largest absolute Gasteiger partial charge is 0.491 e. The minimum absolute atomic E-state index is 0.0706. The Labute approximate surface area is 403 Å². The van der Waals surface area contributed by atoms with Gasteiger partial charge in [-0.2, -0.15) is 0 Å². The van der Waals surface area contributed by atoms with Crippen LogP contribution in [0.2, 0.25) is 0 Å². The van der Waals surface area contributed by atoms with Crippen LogP contribution in [0.4, 0.5) is 0 Å². The summed E-state index contributed by atoms with van der Waals surface area (Å²) in [5.74, 6) is 2.44. The molecule has 18 heteroatoms. The summed E-state index contributed by atoms with van der Waals surface area (Å²) in [6.07, 6.45) is 3.97. The predicted octanol–water partition coefficient (Wildman–Crippen LogP) is 5.96. The van der Waals surface area contributed by atoms with Gasteiger partial charge in [0.1, 0.15) is 47.4 Å². The van der Waals surface area contributed by atoms with Gasteiger partial charge in [-0.05, 0) is 72.8 Å². The maximum absolute atomic E-state index is 12.5. The molecule has 0 unspecified atom stereocenters. The Kier molecular flexibility index (Phi) is 16.8.